The van der Waals surface area contributed by atoms with Crippen LogP contribution in [0.1, 0.15) is 16.3 Å². The number of hydrogen-bond acceptors (Lipinski definition) is 5. The summed E-state index contributed by atoms with van der Waals surface area (Å²) in [7, 11) is 1.83. The van der Waals surface area contributed by atoms with Gasteiger partial charge < -0.3 is 14.3 Å². The third kappa shape index (κ3) is 4.01. The normalized spacial score (nSPS) is 11.0. The van der Waals surface area contributed by atoms with E-state index in [-0.39, 0.29) is 11.6 Å². The lowest BCUT2D eigenvalue weighted by Crippen LogP contribution is -2.26. The minimum Gasteiger partial charge on any atom is -0.463 e. The molecule has 0 radical (unpaired) electrons. The maximum Gasteiger partial charge on any atom is 0.271 e. The predicted octanol–water partition coefficient (Wildman–Crippen LogP) is 3.55. The molecule has 3 aromatic heterocycles. The molecule has 4 rings (SSSR count). The molecule has 0 spiro atoms. The van der Waals surface area contributed by atoms with Gasteiger partial charge in [-0.1, -0.05) is 11.6 Å². The Kier molecular flexibility index (Phi) is 5.32. The van der Waals surface area contributed by atoms with Crippen LogP contribution in [0, 0.1) is 4.77 Å². The van der Waals surface area contributed by atoms with E-state index in [4.69, 9.17) is 28.2 Å². The molecule has 0 aliphatic heterocycles. The molecule has 148 valence electrons. The summed E-state index contributed by atoms with van der Waals surface area (Å²) in [5.74, 6) is 1.08. The lowest BCUT2D eigenvalue weighted by molar-refractivity contribution is 0.0948. The second kappa shape index (κ2) is 8.06. The van der Waals surface area contributed by atoms with E-state index in [1.165, 1.54) is 0 Å². The molecular weight excluding hydrogens is 412 g/mol. The van der Waals surface area contributed by atoms with Gasteiger partial charge in [-0.15, -0.1) is 0 Å². The topological polar surface area (TPSA) is 93.7 Å². The minimum atomic E-state index is -0.290. The number of amides is 1. The first kappa shape index (κ1) is 19.2. The highest BCUT2D eigenvalue weighted by molar-refractivity contribution is 7.71. The Morgan fingerprint density at radius 2 is 2.10 bits per heavy atom. The Labute approximate surface area is 176 Å². The van der Waals surface area contributed by atoms with Gasteiger partial charge >= 0.3 is 0 Å². The van der Waals surface area contributed by atoms with Gasteiger partial charge in [0.15, 0.2) is 16.2 Å². The summed E-state index contributed by atoms with van der Waals surface area (Å²) in [6.45, 7) is 0.399. The first-order valence-electron chi connectivity index (χ1n) is 8.81. The number of aromatic amines is 1. The van der Waals surface area contributed by atoms with Gasteiger partial charge in [0, 0.05) is 31.1 Å². The lowest BCUT2D eigenvalue weighted by Gasteiger charge is -2.05. The number of rotatable bonds is 6. The first-order valence-corrected chi connectivity index (χ1v) is 9.60. The maximum atomic E-state index is 12.7. The third-order valence-electron chi connectivity index (χ3n) is 4.39. The van der Waals surface area contributed by atoms with E-state index in [1.54, 1.807) is 39.8 Å². The Hall–Kier alpha value is -3.17. The van der Waals surface area contributed by atoms with Gasteiger partial charge in [-0.3, -0.25) is 9.89 Å². The van der Waals surface area contributed by atoms with Crippen LogP contribution in [0.25, 0.3) is 17.1 Å². The highest BCUT2D eigenvalue weighted by Crippen LogP contribution is 2.25. The van der Waals surface area contributed by atoms with Crippen molar-refractivity contribution in [1.29, 1.82) is 0 Å². The van der Waals surface area contributed by atoms with Crippen molar-refractivity contribution in [3.05, 3.63) is 70.0 Å². The van der Waals surface area contributed by atoms with Crippen molar-refractivity contribution in [2.24, 2.45) is 7.05 Å². The quantitative estimate of drug-likeness (QED) is 0.458. The van der Waals surface area contributed by atoms with Gasteiger partial charge in [-0.25, -0.2) is 4.68 Å². The number of H-pyrrole nitrogens is 1. The zero-order valence-corrected chi connectivity index (χ0v) is 17.0. The summed E-state index contributed by atoms with van der Waals surface area (Å²) in [4.78, 5) is 12.7. The SMILES string of the molecule is Cn1c(CCNC(=O)c2cc(-c3ccco3)n(-c3ccc(Cl)cc3)n2)n[nH]c1=S. The van der Waals surface area contributed by atoms with Crippen LogP contribution < -0.4 is 5.32 Å². The summed E-state index contributed by atoms with van der Waals surface area (Å²) in [6, 6.07) is 12.5. The van der Waals surface area contributed by atoms with Gasteiger partial charge in [0.05, 0.1) is 12.0 Å². The van der Waals surface area contributed by atoms with Crippen LogP contribution >= 0.6 is 23.8 Å². The van der Waals surface area contributed by atoms with Crippen molar-refractivity contribution in [2.45, 2.75) is 6.42 Å². The summed E-state index contributed by atoms with van der Waals surface area (Å²) < 4.78 is 9.47. The Morgan fingerprint density at radius 3 is 2.76 bits per heavy atom. The van der Waals surface area contributed by atoms with Crippen molar-refractivity contribution in [3.63, 3.8) is 0 Å². The van der Waals surface area contributed by atoms with Crippen LogP contribution in [-0.2, 0) is 13.5 Å². The summed E-state index contributed by atoms with van der Waals surface area (Å²) in [5, 5.41) is 14.8. The molecule has 0 saturated heterocycles. The Morgan fingerprint density at radius 1 is 1.31 bits per heavy atom. The molecule has 0 aliphatic rings. The van der Waals surface area contributed by atoms with E-state index in [2.05, 4.69) is 20.6 Å². The lowest BCUT2D eigenvalue weighted by atomic mass is 10.2. The fourth-order valence-corrected chi connectivity index (χ4v) is 3.13. The van der Waals surface area contributed by atoms with Gasteiger partial charge in [0.1, 0.15) is 11.5 Å². The van der Waals surface area contributed by atoms with Crippen LogP contribution in [0.4, 0.5) is 0 Å². The molecule has 29 heavy (non-hydrogen) atoms. The summed E-state index contributed by atoms with van der Waals surface area (Å²) >= 11 is 11.1. The fraction of sp³-hybridized carbons (Fsp3) is 0.158. The van der Waals surface area contributed by atoms with E-state index in [9.17, 15) is 4.79 Å². The second-order valence-electron chi connectivity index (χ2n) is 6.29. The maximum absolute atomic E-state index is 12.7. The van der Waals surface area contributed by atoms with Crippen LogP contribution in [0.5, 0.6) is 0 Å². The first-order chi connectivity index (χ1) is 14.0. The summed E-state index contributed by atoms with van der Waals surface area (Å²) in [6.07, 6.45) is 2.11. The highest BCUT2D eigenvalue weighted by Gasteiger charge is 2.18. The number of hydrogen-bond donors (Lipinski definition) is 2. The van der Waals surface area contributed by atoms with Crippen LogP contribution in [0.3, 0.4) is 0 Å². The monoisotopic (exact) mass is 428 g/mol. The van der Waals surface area contributed by atoms with Crippen molar-refractivity contribution in [3.8, 4) is 17.1 Å². The molecule has 4 aromatic rings. The van der Waals surface area contributed by atoms with Crippen LogP contribution in [-0.4, -0.2) is 37.0 Å². The zero-order chi connectivity index (χ0) is 20.4. The van der Waals surface area contributed by atoms with E-state index in [0.29, 0.717) is 34.2 Å². The molecule has 0 fully saturated rings. The number of benzene rings is 1. The molecule has 3 heterocycles. The van der Waals surface area contributed by atoms with E-state index in [0.717, 1.165) is 11.5 Å². The number of halogens is 1. The van der Waals surface area contributed by atoms with Gasteiger partial charge in [-0.05, 0) is 48.6 Å². The number of nitrogens with zero attached hydrogens (tertiary/aromatic N) is 4. The highest BCUT2D eigenvalue weighted by atomic mass is 35.5. The van der Waals surface area contributed by atoms with Crippen LogP contribution in [0.2, 0.25) is 5.02 Å². The number of nitrogens with one attached hydrogen (secondary N) is 2. The predicted molar refractivity (Wildman–Crippen MR) is 111 cm³/mol. The van der Waals surface area contributed by atoms with Gasteiger partial charge in [0.2, 0.25) is 0 Å². The number of carbonyl (C=O) groups excluding carboxylic acids is 1. The molecule has 0 bridgehead atoms. The average molecular weight is 429 g/mol. The molecule has 0 unspecified atom stereocenters. The Bertz CT molecular complexity index is 1190. The molecule has 10 heteroatoms. The fourth-order valence-electron chi connectivity index (χ4n) is 2.85. The second-order valence-corrected chi connectivity index (χ2v) is 7.11. The van der Waals surface area contributed by atoms with E-state index < -0.39 is 0 Å². The molecule has 8 nitrogen and oxygen atoms in total. The number of carbonyl (C=O) groups is 1. The van der Waals surface area contributed by atoms with E-state index in [1.807, 2.05) is 25.2 Å². The molecule has 0 aliphatic carbocycles. The van der Waals surface area contributed by atoms with E-state index >= 15 is 0 Å². The minimum absolute atomic E-state index is 0.279. The number of furan rings is 1. The largest absolute Gasteiger partial charge is 0.463 e. The van der Waals surface area contributed by atoms with Crippen molar-refractivity contribution < 1.29 is 9.21 Å². The average Bonchev–Trinajstić information content (AvgIpc) is 3.45. The number of aromatic nitrogens is 5. The molecular formula is C19H17ClN6O2S. The van der Waals surface area contributed by atoms with Crippen molar-refractivity contribution >= 4 is 29.7 Å². The smallest absolute Gasteiger partial charge is 0.271 e. The van der Waals surface area contributed by atoms with Crippen LogP contribution in [0.15, 0.2) is 53.1 Å². The Balaban J connectivity index is 1.56. The zero-order valence-electron chi connectivity index (χ0n) is 15.4. The third-order valence-corrected chi connectivity index (χ3v) is 5.01. The molecule has 0 saturated carbocycles. The molecule has 0 atom stereocenters. The summed E-state index contributed by atoms with van der Waals surface area (Å²) in [5.41, 5.74) is 1.71. The molecule has 1 aromatic carbocycles. The molecule has 2 N–H and O–H groups in total. The van der Waals surface area contributed by atoms with Gasteiger partial charge in [-0.2, -0.15) is 10.2 Å². The molecule has 1 amide bonds. The van der Waals surface area contributed by atoms with Crippen molar-refractivity contribution in [2.75, 3.05) is 6.54 Å². The van der Waals surface area contributed by atoms with Gasteiger partial charge in [0.25, 0.3) is 5.91 Å². The van der Waals surface area contributed by atoms with Crippen molar-refractivity contribution in [1.82, 2.24) is 29.9 Å². The standard InChI is InChI=1S/C19H17ClN6O2S/c1-25-17(22-23-19(25)29)8-9-21-18(27)14-11-15(16-3-2-10-28-16)26(24-14)13-6-4-12(20)5-7-13/h2-7,10-11H,8-9H2,1H3,(H,21,27)(H,23,29).